The second-order valence-electron chi connectivity index (χ2n) is 8.91. The predicted octanol–water partition coefficient (Wildman–Crippen LogP) is 5.68. The minimum absolute atomic E-state index is 0.0465. The molecule has 0 spiro atoms. The van der Waals surface area contributed by atoms with Crippen molar-refractivity contribution in [1.82, 2.24) is 4.98 Å². The molecule has 2 rings (SSSR count). The van der Waals surface area contributed by atoms with Crippen molar-refractivity contribution in [3.8, 4) is 11.5 Å². The van der Waals surface area contributed by atoms with Crippen molar-refractivity contribution in [2.75, 3.05) is 7.11 Å². The Hall–Kier alpha value is -3.22. The fraction of sp³-hybridized carbons (Fsp3) is 0.500. The van der Waals surface area contributed by atoms with Crippen LogP contribution in [0.5, 0.6) is 11.5 Å². The molecule has 35 heavy (non-hydrogen) atoms. The normalized spacial score (nSPS) is 13.6. The number of esters is 2. The smallest absolute Gasteiger partial charge is 0.309 e. The fourth-order valence-corrected chi connectivity index (χ4v) is 4.51. The summed E-state index contributed by atoms with van der Waals surface area (Å²) < 4.78 is 16.3. The van der Waals surface area contributed by atoms with Gasteiger partial charge < -0.3 is 14.2 Å². The van der Waals surface area contributed by atoms with Crippen molar-refractivity contribution in [2.45, 2.75) is 72.8 Å². The Morgan fingerprint density at radius 1 is 1.03 bits per heavy atom. The number of aromatic nitrogens is 1. The summed E-state index contributed by atoms with van der Waals surface area (Å²) in [5.74, 6) is -1.63. The number of hydrogen-bond donors (Lipinski definition) is 0. The molecule has 1 aromatic heterocycles. The number of ether oxygens (including phenoxy) is 3. The van der Waals surface area contributed by atoms with Crippen LogP contribution in [0.2, 0.25) is 0 Å². The predicted molar refractivity (Wildman–Crippen MR) is 134 cm³/mol. The third-order valence-electron chi connectivity index (χ3n) is 6.40. The lowest BCUT2D eigenvalue weighted by Gasteiger charge is -2.32. The first-order chi connectivity index (χ1) is 16.6. The number of aryl methyl sites for hydroxylation is 1. The highest BCUT2D eigenvalue weighted by Crippen LogP contribution is 2.36. The van der Waals surface area contributed by atoms with E-state index in [1.165, 1.54) is 31.9 Å². The Morgan fingerprint density at radius 3 is 2.26 bits per heavy atom. The summed E-state index contributed by atoms with van der Waals surface area (Å²) in [6.07, 6.45) is 2.82. The Bertz CT molecular complexity index is 1030. The number of ketones is 1. The van der Waals surface area contributed by atoms with Crippen molar-refractivity contribution >= 4 is 17.7 Å². The molecule has 7 heteroatoms. The maximum Gasteiger partial charge on any atom is 0.309 e. The number of Topliss-reactive ketones (excluding diaryl/α,β-unsaturated/α-hetero) is 1. The van der Waals surface area contributed by atoms with E-state index in [9.17, 15) is 14.4 Å². The lowest BCUT2D eigenvalue weighted by Crippen LogP contribution is -2.31. The SMILES string of the molecule is CCC(CC)[C@@H](c1ccccc1C)[C@H](C)OC(=O)[C@H](C)CC(=O)c1nccc(OC)c1OC(C)=O. The van der Waals surface area contributed by atoms with Gasteiger partial charge >= 0.3 is 11.9 Å². The van der Waals surface area contributed by atoms with Crippen LogP contribution in [0.4, 0.5) is 0 Å². The zero-order chi connectivity index (χ0) is 26.1. The average Bonchev–Trinajstić information content (AvgIpc) is 2.82. The van der Waals surface area contributed by atoms with Crippen molar-refractivity contribution in [3.05, 3.63) is 53.3 Å². The maximum absolute atomic E-state index is 13.0. The van der Waals surface area contributed by atoms with Crippen LogP contribution >= 0.6 is 0 Å². The van der Waals surface area contributed by atoms with Crippen LogP contribution in [0, 0.1) is 18.8 Å². The number of pyridine rings is 1. The summed E-state index contributed by atoms with van der Waals surface area (Å²) in [4.78, 5) is 41.6. The number of nitrogens with zero attached hydrogens (tertiary/aromatic N) is 1. The molecular weight excluding hydrogens is 446 g/mol. The molecule has 0 amide bonds. The molecule has 2 aromatic rings. The summed E-state index contributed by atoms with van der Waals surface area (Å²) in [6.45, 7) is 11.2. The standard InChI is InChI=1S/C28H37NO6/c1-8-21(9-2)25(22-13-11-10-12-17(22)3)19(5)34-28(32)18(4)16-23(31)26-27(35-20(6)30)24(33-7)14-15-29-26/h10-15,18-19,21,25H,8-9,16H2,1-7H3/t18-,19+,25+/m1/s1. The van der Waals surface area contributed by atoms with Gasteiger partial charge in [0.15, 0.2) is 17.2 Å². The maximum atomic E-state index is 13.0. The van der Waals surface area contributed by atoms with E-state index in [2.05, 4.69) is 37.9 Å². The molecule has 0 aliphatic carbocycles. The molecule has 1 heterocycles. The molecule has 0 aliphatic rings. The molecule has 0 bridgehead atoms. The van der Waals surface area contributed by atoms with Crippen LogP contribution in [0.15, 0.2) is 36.5 Å². The summed E-state index contributed by atoms with van der Waals surface area (Å²) in [5.41, 5.74) is 2.29. The van der Waals surface area contributed by atoms with Gasteiger partial charge in [-0.05, 0) is 30.9 Å². The fourth-order valence-electron chi connectivity index (χ4n) is 4.51. The van der Waals surface area contributed by atoms with Gasteiger partial charge in [-0.1, -0.05) is 57.9 Å². The molecule has 0 radical (unpaired) electrons. The molecule has 190 valence electrons. The van der Waals surface area contributed by atoms with Crippen LogP contribution in [0.3, 0.4) is 0 Å². The van der Waals surface area contributed by atoms with E-state index in [1.807, 2.05) is 19.1 Å². The number of methoxy groups -OCH3 is 1. The first-order valence-electron chi connectivity index (χ1n) is 12.1. The van der Waals surface area contributed by atoms with Gasteiger partial charge in [0.25, 0.3) is 0 Å². The number of rotatable bonds is 12. The summed E-state index contributed by atoms with van der Waals surface area (Å²) in [5, 5.41) is 0. The lowest BCUT2D eigenvalue weighted by molar-refractivity contribution is -0.154. The first-order valence-corrected chi connectivity index (χ1v) is 12.1. The molecular formula is C28H37NO6. The second-order valence-corrected chi connectivity index (χ2v) is 8.91. The molecule has 0 aliphatic heterocycles. The molecule has 0 unspecified atom stereocenters. The Morgan fingerprint density at radius 2 is 1.69 bits per heavy atom. The van der Waals surface area contributed by atoms with Gasteiger partial charge in [0.1, 0.15) is 6.10 Å². The molecule has 0 N–H and O–H groups in total. The summed E-state index contributed by atoms with van der Waals surface area (Å²) >= 11 is 0. The topological polar surface area (TPSA) is 91.8 Å². The van der Waals surface area contributed by atoms with Crippen LogP contribution in [0.1, 0.15) is 81.4 Å². The van der Waals surface area contributed by atoms with Crippen molar-refractivity contribution in [1.29, 1.82) is 0 Å². The molecule has 0 fully saturated rings. The van der Waals surface area contributed by atoms with E-state index >= 15 is 0 Å². The number of hydrogen-bond acceptors (Lipinski definition) is 7. The van der Waals surface area contributed by atoms with Gasteiger partial charge in [-0.2, -0.15) is 0 Å². The van der Waals surface area contributed by atoms with Gasteiger partial charge in [-0.15, -0.1) is 0 Å². The largest absolute Gasteiger partial charge is 0.493 e. The third-order valence-corrected chi connectivity index (χ3v) is 6.40. The van der Waals surface area contributed by atoms with Gasteiger partial charge in [0.05, 0.1) is 13.0 Å². The van der Waals surface area contributed by atoms with Crippen LogP contribution in [-0.2, 0) is 14.3 Å². The average molecular weight is 484 g/mol. The number of carbonyl (C=O) groups excluding carboxylic acids is 3. The van der Waals surface area contributed by atoms with Gasteiger partial charge in [-0.25, -0.2) is 4.98 Å². The van der Waals surface area contributed by atoms with Crippen LogP contribution < -0.4 is 9.47 Å². The van der Waals surface area contributed by atoms with Gasteiger partial charge in [0.2, 0.25) is 5.75 Å². The quantitative estimate of drug-likeness (QED) is 0.283. The van der Waals surface area contributed by atoms with Gasteiger partial charge in [0, 0.05) is 31.5 Å². The minimum atomic E-state index is -0.706. The van der Waals surface area contributed by atoms with E-state index in [4.69, 9.17) is 14.2 Å². The minimum Gasteiger partial charge on any atom is -0.493 e. The highest BCUT2D eigenvalue weighted by Gasteiger charge is 2.32. The summed E-state index contributed by atoms with van der Waals surface area (Å²) in [7, 11) is 1.41. The molecule has 3 atom stereocenters. The van der Waals surface area contributed by atoms with E-state index in [-0.39, 0.29) is 35.6 Å². The Kier molecular flexibility index (Phi) is 10.4. The van der Waals surface area contributed by atoms with E-state index in [1.54, 1.807) is 6.92 Å². The van der Waals surface area contributed by atoms with E-state index in [0.29, 0.717) is 5.92 Å². The van der Waals surface area contributed by atoms with E-state index in [0.717, 1.165) is 18.4 Å². The van der Waals surface area contributed by atoms with Crippen molar-refractivity contribution in [2.24, 2.45) is 11.8 Å². The molecule has 7 nitrogen and oxygen atoms in total. The van der Waals surface area contributed by atoms with Crippen molar-refractivity contribution < 1.29 is 28.6 Å². The number of carbonyl (C=O) groups is 3. The van der Waals surface area contributed by atoms with Crippen LogP contribution in [-0.4, -0.2) is 35.9 Å². The van der Waals surface area contributed by atoms with Gasteiger partial charge in [-0.3, -0.25) is 14.4 Å². The Labute approximate surface area is 208 Å². The summed E-state index contributed by atoms with van der Waals surface area (Å²) in [6, 6.07) is 9.68. The monoisotopic (exact) mass is 483 g/mol. The third kappa shape index (κ3) is 7.13. The van der Waals surface area contributed by atoms with Crippen LogP contribution in [0.25, 0.3) is 0 Å². The highest BCUT2D eigenvalue weighted by atomic mass is 16.6. The zero-order valence-corrected chi connectivity index (χ0v) is 21.8. The first kappa shape index (κ1) is 28.0. The highest BCUT2D eigenvalue weighted by molar-refractivity contribution is 5.99. The molecule has 0 saturated carbocycles. The zero-order valence-electron chi connectivity index (χ0n) is 21.8. The van der Waals surface area contributed by atoms with Crippen molar-refractivity contribution in [3.63, 3.8) is 0 Å². The lowest BCUT2D eigenvalue weighted by atomic mass is 9.78. The Balaban J connectivity index is 2.20. The molecule has 1 aromatic carbocycles. The second kappa shape index (κ2) is 13.0. The number of benzene rings is 1. The van der Waals surface area contributed by atoms with E-state index < -0.39 is 23.6 Å². The molecule has 0 saturated heterocycles.